The van der Waals surface area contributed by atoms with E-state index in [9.17, 15) is 4.21 Å². The summed E-state index contributed by atoms with van der Waals surface area (Å²) in [5, 5.41) is 0.466. The molecule has 90 valence electrons. The Bertz CT molecular complexity index is 373. The van der Waals surface area contributed by atoms with Gasteiger partial charge in [0.2, 0.25) is 0 Å². The van der Waals surface area contributed by atoms with Gasteiger partial charge in [0.25, 0.3) is 0 Å². The number of hydrogen-bond acceptors (Lipinski definition) is 2. The highest BCUT2D eigenvalue weighted by molar-refractivity contribution is 7.84. The van der Waals surface area contributed by atoms with Gasteiger partial charge in [-0.1, -0.05) is 17.7 Å². The van der Waals surface area contributed by atoms with Gasteiger partial charge in [0.05, 0.1) is 15.7 Å². The summed E-state index contributed by atoms with van der Waals surface area (Å²) in [6.07, 6.45) is 1.69. The monoisotopic (exact) mass is 260 g/mol. The van der Waals surface area contributed by atoms with E-state index in [0.29, 0.717) is 5.15 Å². The lowest BCUT2D eigenvalue weighted by Crippen LogP contribution is -2.34. The molecule has 3 nitrogen and oxygen atoms in total. The van der Waals surface area contributed by atoms with Crippen LogP contribution in [0.15, 0.2) is 18.3 Å². The van der Waals surface area contributed by atoms with Crippen molar-refractivity contribution in [2.45, 2.75) is 38.5 Å². The molecule has 0 fully saturated rings. The van der Waals surface area contributed by atoms with Crippen molar-refractivity contribution in [3.63, 3.8) is 0 Å². The van der Waals surface area contributed by atoms with Crippen molar-refractivity contribution in [3.05, 3.63) is 29.0 Å². The number of aromatic nitrogens is 1. The third-order valence-corrected chi connectivity index (χ3v) is 3.99. The van der Waals surface area contributed by atoms with Crippen LogP contribution in [-0.2, 0) is 11.0 Å². The van der Waals surface area contributed by atoms with Gasteiger partial charge in [-0.05, 0) is 39.3 Å². The average Bonchev–Trinajstić information content (AvgIpc) is 2.17. The Hall–Kier alpha value is -0.450. The first-order valence-corrected chi connectivity index (χ1v) is 6.63. The maximum Gasteiger partial charge on any atom is 0.129 e. The molecule has 0 aliphatic heterocycles. The van der Waals surface area contributed by atoms with Crippen LogP contribution in [0.5, 0.6) is 0 Å². The molecule has 0 saturated heterocycles. The van der Waals surface area contributed by atoms with Crippen molar-refractivity contribution in [2.75, 3.05) is 0 Å². The highest BCUT2D eigenvalue weighted by Gasteiger charge is 2.21. The molecule has 1 aromatic heterocycles. The molecule has 0 spiro atoms. The average molecular weight is 261 g/mol. The fourth-order valence-electron chi connectivity index (χ4n) is 1.05. The first-order valence-electron chi connectivity index (χ1n) is 5.10. The van der Waals surface area contributed by atoms with E-state index in [1.165, 1.54) is 0 Å². The third kappa shape index (κ3) is 3.85. The Morgan fingerprint density at radius 3 is 2.50 bits per heavy atom. The number of rotatable bonds is 3. The molecule has 1 N–H and O–H groups in total. The second kappa shape index (κ2) is 5.25. The predicted molar refractivity (Wildman–Crippen MR) is 68.7 cm³/mol. The van der Waals surface area contributed by atoms with Crippen LogP contribution in [-0.4, -0.2) is 13.9 Å². The van der Waals surface area contributed by atoms with Crippen molar-refractivity contribution >= 4 is 22.6 Å². The van der Waals surface area contributed by atoms with Gasteiger partial charge < -0.3 is 0 Å². The van der Waals surface area contributed by atoms with Gasteiger partial charge in [-0.25, -0.2) is 13.9 Å². The Balaban J connectivity index is 2.69. The maximum atomic E-state index is 11.9. The largest absolute Gasteiger partial charge is 0.244 e. The molecule has 16 heavy (non-hydrogen) atoms. The predicted octanol–water partition coefficient (Wildman–Crippen LogP) is 2.85. The Labute approximate surface area is 104 Å². The Kier molecular flexibility index (Phi) is 4.47. The van der Waals surface area contributed by atoms with E-state index >= 15 is 0 Å². The summed E-state index contributed by atoms with van der Waals surface area (Å²) in [5.74, 6) is 0. The number of halogens is 1. The first-order chi connectivity index (χ1) is 7.30. The zero-order valence-corrected chi connectivity index (χ0v) is 11.5. The molecule has 1 aromatic rings. The van der Waals surface area contributed by atoms with E-state index in [1.807, 2.05) is 33.8 Å². The summed E-state index contributed by atoms with van der Waals surface area (Å²) in [4.78, 5) is 4.00. The van der Waals surface area contributed by atoms with Gasteiger partial charge >= 0.3 is 0 Å². The Morgan fingerprint density at radius 2 is 2.06 bits per heavy atom. The second-order valence-electron chi connectivity index (χ2n) is 4.63. The molecule has 0 aromatic carbocycles. The standard InChI is InChI=1S/C11H17ClN2OS/c1-8(14-16(15)11(2,3)4)9-5-6-10(12)13-7-9/h5-8,14H,1-4H3/t8?,16-/m1/s1. The van der Waals surface area contributed by atoms with E-state index < -0.39 is 11.0 Å². The minimum atomic E-state index is -1.08. The first kappa shape index (κ1) is 13.6. The van der Waals surface area contributed by atoms with E-state index in [2.05, 4.69) is 9.71 Å². The topological polar surface area (TPSA) is 42.0 Å². The smallest absolute Gasteiger partial charge is 0.129 e. The van der Waals surface area contributed by atoms with Crippen LogP contribution < -0.4 is 4.72 Å². The number of nitrogens with one attached hydrogen (secondary N) is 1. The number of pyridine rings is 1. The highest BCUT2D eigenvalue weighted by Crippen LogP contribution is 2.17. The van der Waals surface area contributed by atoms with Crippen molar-refractivity contribution in [1.29, 1.82) is 0 Å². The lowest BCUT2D eigenvalue weighted by atomic mass is 10.2. The SMILES string of the molecule is CC(N[S@](=O)C(C)(C)C)c1ccc(Cl)nc1. The van der Waals surface area contributed by atoms with Gasteiger partial charge in [0.15, 0.2) is 0 Å². The van der Waals surface area contributed by atoms with Crippen molar-refractivity contribution in [3.8, 4) is 0 Å². The van der Waals surface area contributed by atoms with Crippen LogP contribution in [0.1, 0.15) is 39.3 Å². The van der Waals surface area contributed by atoms with E-state index in [4.69, 9.17) is 11.6 Å². The van der Waals surface area contributed by atoms with Crippen LogP contribution in [0.4, 0.5) is 0 Å². The third-order valence-electron chi connectivity index (χ3n) is 2.09. The molecule has 0 radical (unpaired) electrons. The molecule has 0 aliphatic rings. The van der Waals surface area contributed by atoms with E-state index in [1.54, 1.807) is 12.3 Å². The van der Waals surface area contributed by atoms with Crippen molar-refractivity contribution in [1.82, 2.24) is 9.71 Å². The van der Waals surface area contributed by atoms with Crippen LogP contribution >= 0.6 is 11.6 Å². The molecular weight excluding hydrogens is 244 g/mol. The van der Waals surface area contributed by atoms with Gasteiger partial charge in [-0.2, -0.15) is 0 Å². The van der Waals surface area contributed by atoms with Crippen LogP contribution in [0, 0.1) is 0 Å². The van der Waals surface area contributed by atoms with Gasteiger partial charge in [0, 0.05) is 12.2 Å². The number of hydrogen-bond donors (Lipinski definition) is 1. The van der Waals surface area contributed by atoms with Gasteiger partial charge in [-0.3, -0.25) is 0 Å². The van der Waals surface area contributed by atoms with Gasteiger partial charge in [-0.15, -0.1) is 0 Å². The summed E-state index contributed by atoms with van der Waals surface area (Å²) in [7, 11) is -1.08. The second-order valence-corrected chi connectivity index (χ2v) is 7.02. The zero-order chi connectivity index (χ0) is 12.3. The molecule has 2 atom stereocenters. The van der Waals surface area contributed by atoms with Gasteiger partial charge in [0.1, 0.15) is 5.15 Å². The molecule has 0 amide bonds. The molecule has 0 bridgehead atoms. The van der Waals surface area contributed by atoms with Crippen molar-refractivity contribution < 1.29 is 4.21 Å². The van der Waals surface area contributed by atoms with Crippen molar-refractivity contribution in [2.24, 2.45) is 0 Å². The number of nitrogens with zero attached hydrogens (tertiary/aromatic N) is 1. The molecule has 1 heterocycles. The molecule has 0 saturated carbocycles. The normalized spacial score (nSPS) is 15.8. The maximum absolute atomic E-state index is 11.9. The molecule has 1 unspecified atom stereocenters. The minimum Gasteiger partial charge on any atom is -0.244 e. The van der Waals surface area contributed by atoms with Crippen LogP contribution in [0.25, 0.3) is 0 Å². The van der Waals surface area contributed by atoms with E-state index in [0.717, 1.165) is 5.56 Å². The molecule has 1 rings (SSSR count). The fourth-order valence-corrected chi connectivity index (χ4v) is 1.97. The summed E-state index contributed by atoms with van der Waals surface area (Å²) in [6, 6.07) is 3.60. The minimum absolute atomic E-state index is 0.00942. The molecule has 0 aliphatic carbocycles. The highest BCUT2D eigenvalue weighted by atomic mass is 35.5. The summed E-state index contributed by atoms with van der Waals surface area (Å²) in [5.41, 5.74) is 0.974. The summed E-state index contributed by atoms with van der Waals surface area (Å²) >= 11 is 5.70. The van der Waals surface area contributed by atoms with Crippen LogP contribution in [0.3, 0.4) is 0 Å². The summed E-state index contributed by atoms with van der Waals surface area (Å²) in [6.45, 7) is 7.75. The Morgan fingerprint density at radius 1 is 1.44 bits per heavy atom. The molecular formula is C11H17ClN2OS. The summed E-state index contributed by atoms with van der Waals surface area (Å²) < 4.78 is 14.6. The molecule has 5 heteroatoms. The van der Waals surface area contributed by atoms with Crippen LogP contribution in [0.2, 0.25) is 5.15 Å². The quantitative estimate of drug-likeness (QED) is 0.850. The fraction of sp³-hybridized carbons (Fsp3) is 0.545. The lowest BCUT2D eigenvalue weighted by molar-refractivity contribution is 0.615. The van der Waals surface area contributed by atoms with E-state index in [-0.39, 0.29) is 10.8 Å². The lowest BCUT2D eigenvalue weighted by Gasteiger charge is -2.21. The zero-order valence-electron chi connectivity index (χ0n) is 9.95.